The van der Waals surface area contributed by atoms with Crippen LogP contribution >= 0.6 is 0 Å². The summed E-state index contributed by atoms with van der Waals surface area (Å²) in [5.74, 6) is 0.353. The highest BCUT2D eigenvalue weighted by Crippen LogP contribution is 2.36. The molecule has 14 heteroatoms. The number of aryl methyl sites for hydroxylation is 1. The van der Waals surface area contributed by atoms with Gasteiger partial charge >= 0.3 is 11.4 Å². The molecule has 0 aliphatic rings. The summed E-state index contributed by atoms with van der Waals surface area (Å²) in [5.41, 5.74) is -0.250. The summed E-state index contributed by atoms with van der Waals surface area (Å²) in [6, 6.07) is 0. The van der Waals surface area contributed by atoms with Crippen molar-refractivity contribution >= 4 is 22.8 Å². The zero-order valence-electron chi connectivity index (χ0n) is 16.4. The average molecular weight is 408 g/mol. The van der Waals surface area contributed by atoms with Gasteiger partial charge in [0.05, 0.1) is 18.5 Å². The number of aromatic nitrogens is 9. The summed E-state index contributed by atoms with van der Waals surface area (Å²) in [4.78, 5) is 38.9. The topological polar surface area (TPSA) is 171 Å². The summed E-state index contributed by atoms with van der Waals surface area (Å²) >= 11 is 0. The first-order valence-corrected chi connectivity index (χ1v) is 8.71. The molecule has 4 heterocycles. The fraction of sp³-hybridized carbons (Fsp3) is 0.312. The third-order valence-corrected chi connectivity index (χ3v) is 4.07. The number of nitrogens with zero attached hydrogens (tertiary/aromatic N) is 9. The van der Waals surface area contributed by atoms with E-state index >= 15 is 0 Å². The van der Waals surface area contributed by atoms with Gasteiger partial charge in [-0.15, -0.1) is 15.3 Å². The molecular formula is C16H16N12O2. The highest BCUT2D eigenvalue weighted by Gasteiger charge is 2.25. The molecule has 30 heavy (non-hydrogen) atoms. The van der Waals surface area contributed by atoms with Crippen molar-refractivity contribution in [2.45, 2.75) is 33.1 Å². The van der Waals surface area contributed by atoms with Crippen LogP contribution in [0, 0.1) is 13.5 Å². The highest BCUT2D eigenvalue weighted by molar-refractivity contribution is 5.69. The van der Waals surface area contributed by atoms with E-state index < -0.39 is 11.4 Å². The van der Waals surface area contributed by atoms with Crippen LogP contribution in [-0.4, -0.2) is 44.5 Å². The average Bonchev–Trinajstić information content (AvgIpc) is 3.30. The van der Waals surface area contributed by atoms with E-state index in [9.17, 15) is 9.59 Å². The molecule has 152 valence electrons. The van der Waals surface area contributed by atoms with Crippen LogP contribution < -0.4 is 11.4 Å². The van der Waals surface area contributed by atoms with Crippen LogP contribution in [0.2, 0.25) is 0 Å². The van der Waals surface area contributed by atoms with E-state index in [-0.39, 0.29) is 22.9 Å². The lowest BCUT2D eigenvalue weighted by molar-refractivity contribution is 0.557. The molecule has 0 fully saturated rings. The third kappa shape index (κ3) is 3.17. The van der Waals surface area contributed by atoms with E-state index in [1.54, 1.807) is 6.92 Å². The van der Waals surface area contributed by atoms with Crippen molar-refractivity contribution in [3.05, 3.63) is 50.1 Å². The number of fused-ring (bicyclic) bond motifs is 1. The molecule has 0 radical (unpaired) electrons. The SMILES string of the molecule is [C-]#[N+]c1cnn(-c2nc(=O)[nH]c(=O)[nH]2)c1N=Nc1c(C(C)(C)C)[nH]n2nc(C)nc12. The standard InChI is InChI=1S/C16H16N12O2/c1-7-19-12-9(10(16(2,3)4)26-28(12)25-7)23-24-11-8(17-5)6-18-27(11)13-20-14(29)22-15(30)21-13/h6,26H,1-4H3,(H2,20,21,22,29,30). The molecule has 4 aromatic heterocycles. The number of aromatic amines is 3. The summed E-state index contributed by atoms with van der Waals surface area (Å²) < 4.78 is 2.57. The zero-order valence-corrected chi connectivity index (χ0v) is 16.4. The van der Waals surface area contributed by atoms with Crippen molar-refractivity contribution in [1.29, 1.82) is 0 Å². The zero-order chi connectivity index (χ0) is 21.6. The predicted octanol–water partition coefficient (Wildman–Crippen LogP) is 1.59. The molecule has 0 atom stereocenters. The van der Waals surface area contributed by atoms with Crippen LogP contribution in [0.3, 0.4) is 0 Å². The second kappa shape index (κ2) is 6.58. The van der Waals surface area contributed by atoms with E-state index in [0.717, 1.165) is 10.4 Å². The maximum absolute atomic E-state index is 11.6. The fourth-order valence-corrected chi connectivity index (χ4v) is 2.78. The van der Waals surface area contributed by atoms with Gasteiger partial charge in [-0.1, -0.05) is 20.8 Å². The second-order valence-corrected chi connectivity index (χ2v) is 7.38. The molecule has 0 spiro atoms. The molecule has 0 amide bonds. The maximum atomic E-state index is 11.6. The molecule has 0 unspecified atom stereocenters. The predicted molar refractivity (Wildman–Crippen MR) is 104 cm³/mol. The largest absolute Gasteiger partial charge is 0.352 e. The summed E-state index contributed by atoms with van der Waals surface area (Å²) in [6.07, 6.45) is 1.24. The second-order valence-electron chi connectivity index (χ2n) is 7.38. The normalized spacial score (nSPS) is 12.1. The fourth-order valence-electron chi connectivity index (χ4n) is 2.78. The Morgan fingerprint density at radius 1 is 1.17 bits per heavy atom. The minimum atomic E-state index is -0.863. The molecule has 0 aromatic carbocycles. The molecule has 3 N–H and O–H groups in total. The van der Waals surface area contributed by atoms with Gasteiger partial charge in [-0.25, -0.2) is 19.4 Å². The van der Waals surface area contributed by atoms with Crippen LogP contribution in [0.15, 0.2) is 26.0 Å². The summed E-state index contributed by atoms with van der Waals surface area (Å²) in [5, 5.41) is 19.9. The van der Waals surface area contributed by atoms with E-state index in [1.807, 2.05) is 25.8 Å². The first kappa shape index (κ1) is 18.9. The molecule has 0 aliphatic heterocycles. The van der Waals surface area contributed by atoms with Crippen molar-refractivity contribution < 1.29 is 0 Å². The Morgan fingerprint density at radius 3 is 2.60 bits per heavy atom. The molecule has 0 bridgehead atoms. The number of azo groups is 1. The van der Waals surface area contributed by atoms with Gasteiger partial charge in [0.1, 0.15) is 5.82 Å². The Labute approximate surface area is 167 Å². The van der Waals surface area contributed by atoms with Crippen molar-refractivity contribution in [2.75, 3.05) is 0 Å². The minimum Gasteiger partial charge on any atom is -0.277 e. The molecular weight excluding hydrogens is 392 g/mol. The van der Waals surface area contributed by atoms with Crippen LogP contribution in [0.5, 0.6) is 0 Å². The van der Waals surface area contributed by atoms with Gasteiger partial charge in [0.15, 0.2) is 11.5 Å². The molecule has 0 aliphatic carbocycles. The lowest BCUT2D eigenvalue weighted by Gasteiger charge is -2.16. The van der Waals surface area contributed by atoms with Gasteiger partial charge in [-0.2, -0.15) is 19.4 Å². The molecule has 4 rings (SSSR count). The Balaban J connectivity index is 1.90. The molecule has 0 saturated heterocycles. The Morgan fingerprint density at radius 2 is 1.93 bits per heavy atom. The number of rotatable bonds is 3. The van der Waals surface area contributed by atoms with Gasteiger partial charge in [-0.3, -0.25) is 15.1 Å². The van der Waals surface area contributed by atoms with Crippen molar-refractivity contribution in [3.63, 3.8) is 0 Å². The van der Waals surface area contributed by atoms with Crippen molar-refractivity contribution in [1.82, 2.24) is 44.5 Å². The van der Waals surface area contributed by atoms with E-state index in [0.29, 0.717) is 17.2 Å². The number of H-pyrrole nitrogens is 3. The smallest absolute Gasteiger partial charge is 0.277 e. The summed E-state index contributed by atoms with van der Waals surface area (Å²) in [7, 11) is 0. The van der Waals surface area contributed by atoms with Crippen LogP contribution in [-0.2, 0) is 5.41 Å². The molecule has 0 saturated carbocycles. The van der Waals surface area contributed by atoms with Crippen molar-refractivity contribution in [2.24, 2.45) is 10.2 Å². The highest BCUT2D eigenvalue weighted by atomic mass is 16.2. The van der Waals surface area contributed by atoms with Gasteiger partial charge in [0.25, 0.3) is 5.69 Å². The van der Waals surface area contributed by atoms with E-state index in [4.69, 9.17) is 6.57 Å². The van der Waals surface area contributed by atoms with Crippen LogP contribution in [0.4, 0.5) is 17.2 Å². The molecule has 4 aromatic rings. The van der Waals surface area contributed by atoms with Gasteiger partial charge < -0.3 is 0 Å². The third-order valence-electron chi connectivity index (χ3n) is 4.07. The number of hydrogen-bond acceptors (Lipinski definition) is 8. The number of nitrogens with one attached hydrogen (secondary N) is 3. The maximum Gasteiger partial charge on any atom is 0.352 e. The van der Waals surface area contributed by atoms with Gasteiger partial charge in [0.2, 0.25) is 11.6 Å². The van der Waals surface area contributed by atoms with Crippen molar-refractivity contribution in [3.8, 4) is 5.95 Å². The lowest BCUT2D eigenvalue weighted by atomic mass is 9.91. The summed E-state index contributed by atoms with van der Waals surface area (Å²) in [6.45, 7) is 15.1. The number of hydrogen-bond donors (Lipinski definition) is 3. The quantitative estimate of drug-likeness (QED) is 0.343. The minimum absolute atomic E-state index is 0.00537. The van der Waals surface area contributed by atoms with Crippen LogP contribution in [0.1, 0.15) is 32.3 Å². The first-order chi connectivity index (χ1) is 14.2. The van der Waals surface area contributed by atoms with E-state index in [2.05, 4.69) is 45.3 Å². The lowest BCUT2D eigenvalue weighted by Crippen LogP contribution is -2.27. The van der Waals surface area contributed by atoms with Gasteiger partial charge in [0, 0.05) is 5.41 Å². The Kier molecular flexibility index (Phi) is 4.15. The van der Waals surface area contributed by atoms with Gasteiger partial charge in [-0.05, 0) is 6.92 Å². The molecule has 14 nitrogen and oxygen atoms in total. The van der Waals surface area contributed by atoms with Crippen LogP contribution in [0.25, 0.3) is 16.4 Å². The Hall–Kier alpha value is -4.41. The first-order valence-electron chi connectivity index (χ1n) is 8.71. The monoisotopic (exact) mass is 408 g/mol. The van der Waals surface area contributed by atoms with E-state index in [1.165, 1.54) is 10.8 Å². The Bertz CT molecular complexity index is 1420.